The Bertz CT molecular complexity index is 2060. The van der Waals surface area contributed by atoms with Crippen molar-refractivity contribution in [2.75, 3.05) is 9.86 Å². The number of halogens is 1. The number of hydrogen-bond donors (Lipinski definition) is 0. The summed E-state index contributed by atoms with van der Waals surface area (Å²) in [6.07, 6.45) is 0. The van der Waals surface area contributed by atoms with Crippen LogP contribution in [0.15, 0.2) is 126 Å². The number of benzene rings is 5. The summed E-state index contributed by atoms with van der Waals surface area (Å²) in [6, 6.07) is 41.3. The van der Waals surface area contributed by atoms with Gasteiger partial charge in [0.15, 0.2) is 0 Å². The van der Waals surface area contributed by atoms with Crippen LogP contribution in [0, 0.1) is 3.57 Å². The van der Waals surface area contributed by atoms with Crippen molar-refractivity contribution in [3.63, 3.8) is 0 Å². The Morgan fingerprint density at radius 2 is 1.23 bits per heavy atom. The van der Waals surface area contributed by atoms with E-state index in [0.29, 0.717) is 0 Å². The summed E-state index contributed by atoms with van der Waals surface area (Å²) >= 11 is -1.13. The summed E-state index contributed by atoms with van der Waals surface area (Å²) in [5.74, 6) is 0.892. The molecule has 190 valence electrons. The molecule has 0 amide bonds. The minimum absolute atomic E-state index is 0.0144. The topological polar surface area (TPSA) is 39.8 Å². The summed E-state index contributed by atoms with van der Waals surface area (Å²) < 4.78 is 5.48. The Balaban J connectivity index is 1.42. The summed E-state index contributed by atoms with van der Waals surface area (Å²) in [4.78, 5) is 23.5. The number of pyridine rings is 1. The van der Waals surface area contributed by atoms with E-state index < -0.39 is 19.8 Å². The zero-order chi connectivity index (χ0) is 26.5. The van der Waals surface area contributed by atoms with Crippen molar-refractivity contribution in [2.45, 2.75) is 0 Å². The Labute approximate surface area is 233 Å². The van der Waals surface area contributed by atoms with Gasteiger partial charge in [0, 0.05) is 0 Å². The van der Waals surface area contributed by atoms with Gasteiger partial charge in [-0.1, -0.05) is 36.4 Å². The van der Waals surface area contributed by atoms with Crippen LogP contribution in [0.5, 0.6) is 0 Å². The first-order chi connectivity index (χ1) is 19.1. The third kappa shape index (κ3) is 3.96. The van der Waals surface area contributed by atoms with Crippen LogP contribution < -0.4 is 5.56 Å². The molecule has 0 bridgehead atoms. The standard InChI is InChI=1S/C34H26IN3O/c1-35(2)24-18-21-32-30(22-24)36-33(37(32)25-10-4-3-5-11-25)23-16-19-26(20-17-23)38-31-15-9-8-13-28(31)27-12-6-7-14-29(27)34(38)39/h3-22H,1-2H3. The number of aromatic nitrogens is 3. The molecule has 0 aliphatic rings. The molecule has 5 heteroatoms. The number of imidazole rings is 1. The van der Waals surface area contributed by atoms with Gasteiger partial charge in [-0.05, 0) is 11.5 Å². The predicted octanol–water partition coefficient (Wildman–Crippen LogP) is 8.09. The molecule has 7 aromatic rings. The van der Waals surface area contributed by atoms with Gasteiger partial charge in [-0.2, -0.15) is 0 Å². The molecule has 5 aromatic carbocycles. The van der Waals surface area contributed by atoms with Crippen LogP contribution in [0.25, 0.3) is 55.5 Å². The molecule has 0 saturated carbocycles. The zero-order valence-corrected chi connectivity index (χ0v) is 23.8. The van der Waals surface area contributed by atoms with Crippen molar-refractivity contribution in [2.24, 2.45) is 0 Å². The average Bonchev–Trinajstić information content (AvgIpc) is 3.37. The first-order valence-corrected chi connectivity index (χ1v) is 18.2. The van der Waals surface area contributed by atoms with Gasteiger partial charge in [-0.3, -0.25) is 0 Å². The third-order valence-corrected chi connectivity index (χ3v) is 10.4. The van der Waals surface area contributed by atoms with Gasteiger partial charge in [-0.25, -0.2) is 0 Å². The van der Waals surface area contributed by atoms with Crippen LogP contribution in [0.3, 0.4) is 0 Å². The minimum atomic E-state index is -1.13. The first-order valence-electron chi connectivity index (χ1n) is 12.8. The van der Waals surface area contributed by atoms with Gasteiger partial charge in [-0.15, -0.1) is 0 Å². The van der Waals surface area contributed by atoms with E-state index in [0.717, 1.165) is 55.5 Å². The van der Waals surface area contributed by atoms with Gasteiger partial charge < -0.3 is 0 Å². The molecule has 0 N–H and O–H groups in total. The molecule has 4 nitrogen and oxygen atoms in total. The van der Waals surface area contributed by atoms with Crippen LogP contribution in [-0.4, -0.2) is 24.0 Å². The molecular formula is C34H26IN3O. The van der Waals surface area contributed by atoms with Gasteiger partial charge in [0.25, 0.3) is 0 Å². The van der Waals surface area contributed by atoms with Crippen molar-refractivity contribution in [1.29, 1.82) is 0 Å². The fraction of sp³-hybridized carbons (Fsp3) is 0.0588. The Morgan fingerprint density at radius 1 is 0.590 bits per heavy atom. The molecule has 2 aromatic heterocycles. The Hall–Kier alpha value is -4.23. The van der Waals surface area contributed by atoms with E-state index >= 15 is 0 Å². The maximum absolute atomic E-state index is 13.7. The van der Waals surface area contributed by atoms with E-state index in [2.05, 4.69) is 75.1 Å². The molecule has 2 heterocycles. The number of fused-ring (bicyclic) bond motifs is 4. The fourth-order valence-corrected chi connectivity index (χ4v) is 7.18. The number of alkyl halides is 2. The van der Waals surface area contributed by atoms with E-state index in [1.807, 2.05) is 65.2 Å². The van der Waals surface area contributed by atoms with Gasteiger partial charge >= 0.3 is 187 Å². The van der Waals surface area contributed by atoms with Crippen molar-refractivity contribution in [3.8, 4) is 22.8 Å². The molecule has 0 saturated heterocycles. The molecule has 7 rings (SSSR count). The van der Waals surface area contributed by atoms with Crippen LogP contribution in [-0.2, 0) is 0 Å². The monoisotopic (exact) mass is 619 g/mol. The zero-order valence-electron chi connectivity index (χ0n) is 21.7. The summed E-state index contributed by atoms with van der Waals surface area (Å²) in [6.45, 7) is 0. The molecule has 0 atom stereocenters. The van der Waals surface area contributed by atoms with E-state index in [1.165, 1.54) is 3.57 Å². The quantitative estimate of drug-likeness (QED) is 0.114. The third-order valence-electron chi connectivity index (χ3n) is 7.25. The Kier molecular flexibility index (Phi) is 5.81. The molecule has 0 aliphatic carbocycles. The van der Waals surface area contributed by atoms with Crippen LogP contribution >= 0.6 is 19.8 Å². The van der Waals surface area contributed by atoms with E-state index in [1.54, 1.807) is 0 Å². The first kappa shape index (κ1) is 23.9. The normalized spacial score (nSPS) is 11.9. The number of nitrogens with zero attached hydrogens (tertiary/aromatic N) is 3. The van der Waals surface area contributed by atoms with Crippen LogP contribution in [0.1, 0.15) is 0 Å². The van der Waals surface area contributed by atoms with Crippen molar-refractivity contribution in [1.82, 2.24) is 14.1 Å². The van der Waals surface area contributed by atoms with E-state index in [-0.39, 0.29) is 5.56 Å². The van der Waals surface area contributed by atoms with Crippen LogP contribution in [0.2, 0.25) is 0 Å². The fourth-order valence-electron chi connectivity index (χ4n) is 5.37. The second kappa shape index (κ2) is 9.50. The molecule has 0 aliphatic heterocycles. The van der Waals surface area contributed by atoms with Crippen LogP contribution in [0.4, 0.5) is 0 Å². The van der Waals surface area contributed by atoms with Gasteiger partial charge in [0.2, 0.25) is 0 Å². The molecular weight excluding hydrogens is 593 g/mol. The maximum atomic E-state index is 13.7. The molecule has 0 spiro atoms. The Morgan fingerprint density at radius 3 is 1.97 bits per heavy atom. The second-order valence-electron chi connectivity index (χ2n) is 9.75. The van der Waals surface area contributed by atoms with Gasteiger partial charge in [0.1, 0.15) is 0 Å². The predicted molar refractivity (Wildman–Crippen MR) is 172 cm³/mol. The SMILES string of the molecule is CI(C)c1ccc2c(c1)nc(-c1ccc(-n3c(=O)c4ccccc4c4ccccc43)cc1)n2-c1ccccc1. The van der Waals surface area contributed by atoms with Crippen molar-refractivity contribution in [3.05, 3.63) is 135 Å². The van der Waals surface area contributed by atoms with E-state index in [4.69, 9.17) is 4.98 Å². The molecule has 0 unspecified atom stereocenters. The molecule has 0 radical (unpaired) electrons. The summed E-state index contributed by atoms with van der Waals surface area (Å²) in [7, 11) is 0. The van der Waals surface area contributed by atoms with Crippen molar-refractivity contribution >= 4 is 52.5 Å². The second-order valence-corrected chi connectivity index (χ2v) is 15.3. The molecule has 0 fully saturated rings. The summed E-state index contributed by atoms with van der Waals surface area (Å²) in [5.41, 5.74) is 5.91. The molecule has 39 heavy (non-hydrogen) atoms. The number of para-hydroxylation sites is 2. The van der Waals surface area contributed by atoms with E-state index in [9.17, 15) is 4.79 Å². The van der Waals surface area contributed by atoms with Gasteiger partial charge in [0.05, 0.1) is 0 Å². The number of rotatable bonds is 4. The number of hydrogen-bond acceptors (Lipinski definition) is 2. The van der Waals surface area contributed by atoms with Crippen molar-refractivity contribution < 1.29 is 0 Å². The average molecular weight is 620 g/mol. The summed E-state index contributed by atoms with van der Waals surface area (Å²) in [5, 5.41) is 2.76.